The third-order valence-corrected chi connectivity index (χ3v) is 0.632. The van der Waals surface area contributed by atoms with Gasteiger partial charge in [-0.3, -0.25) is 0 Å². The van der Waals surface area contributed by atoms with Crippen LogP contribution in [0.1, 0.15) is 6.42 Å². The number of quaternary nitrogens is 1. The van der Waals surface area contributed by atoms with E-state index in [9.17, 15) is 13.2 Å². The summed E-state index contributed by atoms with van der Waals surface area (Å²) in [6.45, 7) is 0.0174. The molecular weight excluding hydrogens is 119 g/mol. The van der Waals surface area contributed by atoms with Crippen molar-refractivity contribution >= 4 is 0 Å². The van der Waals surface area contributed by atoms with Crippen LogP contribution in [0.2, 0.25) is 0 Å². The van der Waals surface area contributed by atoms with Crippen LogP contribution >= 0.6 is 0 Å². The number of halogens is 3. The molecule has 0 aliphatic carbocycles. The zero-order valence-electron chi connectivity index (χ0n) is 4.33. The zero-order chi connectivity index (χ0) is 6.62. The van der Waals surface area contributed by atoms with Crippen molar-refractivity contribution in [2.45, 2.75) is 12.6 Å². The van der Waals surface area contributed by atoms with Crippen LogP contribution in [0, 0.1) is 7.05 Å². The van der Waals surface area contributed by atoms with Gasteiger partial charge >= 0.3 is 6.18 Å². The van der Waals surface area contributed by atoms with E-state index in [0.717, 1.165) is 0 Å². The third-order valence-electron chi connectivity index (χ3n) is 0.632. The summed E-state index contributed by atoms with van der Waals surface area (Å²) in [4.78, 5) is 0. The van der Waals surface area contributed by atoms with Crippen molar-refractivity contribution in [2.24, 2.45) is 0 Å². The van der Waals surface area contributed by atoms with Crippen molar-refractivity contribution in [3.05, 3.63) is 7.05 Å². The van der Waals surface area contributed by atoms with E-state index in [0.29, 0.717) is 0 Å². The molecule has 0 bridgehead atoms. The fraction of sp³-hybridized carbons (Fsp3) is 0.750. The third kappa shape index (κ3) is 5.75. The smallest absolute Gasteiger partial charge is 0.394 e. The van der Waals surface area contributed by atoms with Crippen LogP contribution in [0.15, 0.2) is 0 Å². The lowest BCUT2D eigenvalue weighted by Gasteiger charge is -2.03. The maximum atomic E-state index is 11.2. The van der Waals surface area contributed by atoms with Gasteiger partial charge in [-0.25, -0.2) is 0 Å². The molecule has 8 heavy (non-hydrogen) atoms. The van der Waals surface area contributed by atoms with Crippen LogP contribution in [-0.2, 0) is 0 Å². The van der Waals surface area contributed by atoms with Gasteiger partial charge in [-0.05, 0) is 0 Å². The van der Waals surface area contributed by atoms with Crippen molar-refractivity contribution in [1.29, 1.82) is 0 Å². The molecule has 0 aromatic heterocycles. The van der Waals surface area contributed by atoms with Crippen molar-refractivity contribution in [3.63, 3.8) is 0 Å². The van der Waals surface area contributed by atoms with E-state index in [1.807, 2.05) is 0 Å². The van der Waals surface area contributed by atoms with Crippen LogP contribution < -0.4 is 5.32 Å². The first-order valence-corrected chi connectivity index (χ1v) is 2.24. The van der Waals surface area contributed by atoms with E-state index in [-0.39, 0.29) is 6.54 Å². The summed E-state index contributed by atoms with van der Waals surface area (Å²) in [5.74, 6) is 0. The van der Waals surface area contributed by atoms with Crippen LogP contribution in [0.25, 0.3) is 0 Å². The predicted octanol–water partition coefficient (Wildman–Crippen LogP) is 0.294. The highest BCUT2D eigenvalue weighted by atomic mass is 19.4. The maximum Gasteiger partial charge on any atom is 0.394 e. The Kier molecular flexibility index (Phi) is 2.82. The number of hydrogen-bond donors (Lipinski definition) is 1. The van der Waals surface area contributed by atoms with E-state index in [1.165, 1.54) is 5.32 Å². The van der Waals surface area contributed by atoms with Crippen LogP contribution in [-0.4, -0.2) is 12.7 Å². The van der Waals surface area contributed by atoms with Crippen LogP contribution in [0.3, 0.4) is 0 Å². The molecule has 0 spiro atoms. The fourth-order valence-electron chi connectivity index (χ4n) is 0.266. The predicted molar refractivity (Wildman–Crippen MR) is 22.8 cm³/mol. The Hall–Kier alpha value is -0.250. The molecule has 0 aliphatic rings. The lowest BCUT2D eigenvalue weighted by atomic mass is 10.4. The molecule has 0 heterocycles. The van der Waals surface area contributed by atoms with Gasteiger partial charge in [0.15, 0.2) is 0 Å². The summed E-state index contributed by atoms with van der Waals surface area (Å²) in [7, 11) is 3.16. The van der Waals surface area contributed by atoms with Gasteiger partial charge in [0.05, 0.1) is 13.0 Å². The lowest BCUT2D eigenvalue weighted by molar-refractivity contribution is -0.599. The summed E-state index contributed by atoms with van der Waals surface area (Å²) in [5.41, 5.74) is 0. The molecule has 0 aromatic carbocycles. The lowest BCUT2D eigenvalue weighted by Crippen LogP contribution is -2.77. The molecule has 50 valence electrons. The fourth-order valence-corrected chi connectivity index (χ4v) is 0.266. The first kappa shape index (κ1) is 7.75. The monoisotopic (exact) mass is 127 g/mol. The topological polar surface area (TPSA) is 16.6 Å². The maximum absolute atomic E-state index is 11.2. The van der Waals surface area contributed by atoms with Gasteiger partial charge < -0.3 is 5.32 Å². The number of hydrogen-bond acceptors (Lipinski definition) is 0. The molecule has 0 fully saturated rings. The Labute approximate surface area is 45.9 Å². The molecule has 0 saturated carbocycles. The minimum absolute atomic E-state index is 0.0174. The molecule has 0 rings (SSSR count). The van der Waals surface area contributed by atoms with Crippen LogP contribution in [0.4, 0.5) is 13.2 Å². The Bertz CT molecular complexity index is 58.8. The van der Waals surface area contributed by atoms with Crippen molar-refractivity contribution < 1.29 is 18.5 Å². The van der Waals surface area contributed by atoms with E-state index >= 15 is 0 Å². The first-order chi connectivity index (χ1) is 3.56. The van der Waals surface area contributed by atoms with Crippen molar-refractivity contribution in [3.8, 4) is 0 Å². The minimum Gasteiger partial charge on any atom is -0.479 e. The second-order valence-electron chi connectivity index (χ2n) is 1.44. The van der Waals surface area contributed by atoms with E-state index in [1.54, 1.807) is 0 Å². The molecule has 0 amide bonds. The van der Waals surface area contributed by atoms with E-state index < -0.39 is 12.6 Å². The summed E-state index contributed by atoms with van der Waals surface area (Å²) in [6.07, 6.45) is -4.77. The second-order valence-corrected chi connectivity index (χ2v) is 1.44. The molecule has 0 saturated heterocycles. The highest BCUT2D eigenvalue weighted by Gasteiger charge is 2.26. The number of rotatable bonds is 2. The van der Waals surface area contributed by atoms with E-state index in [4.69, 9.17) is 0 Å². The molecular formula is C4H8F3N. The second kappa shape index (κ2) is 2.91. The van der Waals surface area contributed by atoms with Gasteiger partial charge in [0.2, 0.25) is 0 Å². The van der Waals surface area contributed by atoms with E-state index in [2.05, 4.69) is 7.05 Å². The van der Waals surface area contributed by atoms with Gasteiger partial charge in [0.1, 0.15) is 0 Å². The minimum atomic E-state index is -4.02. The standard InChI is InChI=1S/C4H8F3N/c1-8-3-2-4(5,6)7/h1-3,8H2. The SMILES string of the molecule is [CH2-][NH2+]CCC(F)(F)F. The normalized spacial score (nSPS) is 12.0. The summed E-state index contributed by atoms with van der Waals surface area (Å²) in [5, 5.41) is 1.26. The highest BCUT2D eigenvalue weighted by Crippen LogP contribution is 2.17. The molecule has 2 N–H and O–H groups in total. The van der Waals surface area contributed by atoms with Crippen molar-refractivity contribution in [2.75, 3.05) is 6.54 Å². The Morgan fingerprint density at radius 2 is 1.88 bits per heavy atom. The van der Waals surface area contributed by atoms with Gasteiger partial charge in [0, 0.05) is 0 Å². The van der Waals surface area contributed by atoms with Crippen molar-refractivity contribution in [1.82, 2.24) is 0 Å². The Morgan fingerprint density at radius 1 is 1.38 bits per heavy atom. The largest absolute Gasteiger partial charge is 0.479 e. The molecule has 0 aliphatic heterocycles. The first-order valence-electron chi connectivity index (χ1n) is 2.24. The van der Waals surface area contributed by atoms with Crippen LogP contribution in [0.5, 0.6) is 0 Å². The number of alkyl halides is 3. The Morgan fingerprint density at radius 3 is 2.00 bits per heavy atom. The molecule has 1 nitrogen and oxygen atoms in total. The number of nitrogens with two attached hydrogens (primary N) is 1. The zero-order valence-corrected chi connectivity index (χ0v) is 4.33. The average Bonchev–Trinajstić information content (AvgIpc) is 1.59. The molecule has 0 radical (unpaired) electrons. The molecule has 0 unspecified atom stereocenters. The molecule has 0 aromatic rings. The summed E-state index contributed by atoms with van der Waals surface area (Å²) in [6, 6.07) is 0. The molecule has 0 atom stereocenters. The average molecular weight is 127 g/mol. The van der Waals surface area contributed by atoms with Gasteiger partial charge in [-0.15, -0.1) is 0 Å². The van der Waals surface area contributed by atoms with Gasteiger partial charge in [-0.2, -0.15) is 20.2 Å². The Balaban J connectivity index is 3.11. The summed E-state index contributed by atoms with van der Waals surface area (Å²) < 4.78 is 33.6. The quantitative estimate of drug-likeness (QED) is 0.513. The van der Waals surface area contributed by atoms with Gasteiger partial charge in [0.25, 0.3) is 0 Å². The molecule has 4 heteroatoms. The summed E-state index contributed by atoms with van der Waals surface area (Å²) >= 11 is 0. The highest BCUT2D eigenvalue weighted by molar-refractivity contribution is 4.45. The van der Waals surface area contributed by atoms with Gasteiger partial charge in [-0.1, -0.05) is 0 Å².